The van der Waals surface area contributed by atoms with Gasteiger partial charge in [0.15, 0.2) is 0 Å². The molecule has 19 heavy (non-hydrogen) atoms. The van der Waals surface area contributed by atoms with E-state index in [0.717, 1.165) is 17.1 Å². The molecular formula is C15H19N3O. The third-order valence-corrected chi connectivity index (χ3v) is 2.59. The maximum absolute atomic E-state index is 5.67. The molecule has 0 spiro atoms. The number of anilines is 1. The molecule has 2 aromatic rings. The lowest BCUT2D eigenvalue weighted by Gasteiger charge is -2.09. The lowest BCUT2D eigenvalue weighted by molar-refractivity contribution is 0.305. The van der Waals surface area contributed by atoms with E-state index < -0.39 is 0 Å². The molecule has 4 heteroatoms. The first kappa shape index (κ1) is 13.4. The van der Waals surface area contributed by atoms with E-state index in [2.05, 4.69) is 10.3 Å². The van der Waals surface area contributed by atoms with Crippen molar-refractivity contribution in [2.24, 2.45) is 5.73 Å². The first-order valence-electron chi connectivity index (χ1n) is 6.36. The summed E-state index contributed by atoms with van der Waals surface area (Å²) < 4.78 is 5.66. The molecule has 3 N–H and O–H groups in total. The van der Waals surface area contributed by atoms with Gasteiger partial charge in [0, 0.05) is 12.6 Å². The average molecular weight is 257 g/mol. The number of ether oxygens (including phenoxy) is 1. The van der Waals surface area contributed by atoms with E-state index in [9.17, 15) is 0 Å². The van der Waals surface area contributed by atoms with E-state index in [1.165, 1.54) is 0 Å². The van der Waals surface area contributed by atoms with E-state index >= 15 is 0 Å². The minimum absolute atomic E-state index is 0.107. The molecule has 0 radical (unpaired) electrons. The van der Waals surface area contributed by atoms with Crippen molar-refractivity contribution in [1.29, 1.82) is 0 Å². The molecule has 100 valence electrons. The molecule has 1 atom stereocenters. The monoisotopic (exact) mass is 257 g/mol. The second-order valence-electron chi connectivity index (χ2n) is 4.51. The van der Waals surface area contributed by atoms with Gasteiger partial charge in [-0.05, 0) is 24.6 Å². The van der Waals surface area contributed by atoms with Gasteiger partial charge in [-0.1, -0.05) is 30.3 Å². The van der Waals surface area contributed by atoms with Crippen LogP contribution in [0.1, 0.15) is 12.5 Å². The number of nitrogens with zero attached hydrogens (tertiary/aromatic N) is 1. The van der Waals surface area contributed by atoms with Crippen molar-refractivity contribution in [2.75, 3.05) is 11.9 Å². The number of benzene rings is 1. The van der Waals surface area contributed by atoms with Crippen LogP contribution in [0.2, 0.25) is 0 Å². The molecule has 0 bridgehead atoms. The first-order valence-corrected chi connectivity index (χ1v) is 6.36. The summed E-state index contributed by atoms with van der Waals surface area (Å²) in [7, 11) is 0. The van der Waals surface area contributed by atoms with Crippen LogP contribution in [0.3, 0.4) is 0 Å². The summed E-state index contributed by atoms with van der Waals surface area (Å²) >= 11 is 0. The van der Waals surface area contributed by atoms with Gasteiger partial charge in [-0.25, -0.2) is 4.98 Å². The van der Waals surface area contributed by atoms with Gasteiger partial charge >= 0.3 is 0 Å². The molecule has 0 aliphatic rings. The summed E-state index contributed by atoms with van der Waals surface area (Å²) in [5.74, 6) is 1.57. The van der Waals surface area contributed by atoms with Crippen molar-refractivity contribution in [1.82, 2.24) is 4.98 Å². The van der Waals surface area contributed by atoms with E-state index in [1.807, 2.05) is 49.4 Å². The van der Waals surface area contributed by atoms with Crippen LogP contribution in [-0.4, -0.2) is 17.6 Å². The lowest BCUT2D eigenvalue weighted by atomic mass is 10.2. The summed E-state index contributed by atoms with van der Waals surface area (Å²) in [6.45, 7) is 3.21. The van der Waals surface area contributed by atoms with Crippen LogP contribution < -0.4 is 15.8 Å². The van der Waals surface area contributed by atoms with Crippen LogP contribution in [0.15, 0.2) is 48.7 Å². The van der Waals surface area contributed by atoms with Crippen LogP contribution in [0.25, 0.3) is 0 Å². The zero-order valence-corrected chi connectivity index (χ0v) is 11.0. The van der Waals surface area contributed by atoms with Crippen molar-refractivity contribution < 1.29 is 4.74 Å². The number of rotatable bonds is 6. The Kier molecular flexibility index (Phi) is 4.75. The minimum atomic E-state index is 0.107. The van der Waals surface area contributed by atoms with E-state index in [0.29, 0.717) is 13.2 Å². The molecule has 0 aliphatic heterocycles. The summed E-state index contributed by atoms with van der Waals surface area (Å²) in [4.78, 5) is 4.27. The topological polar surface area (TPSA) is 60.2 Å². The lowest BCUT2D eigenvalue weighted by Crippen LogP contribution is -2.25. The SMILES string of the molecule is CC(N)CNc1ccc(OCc2ccccc2)cn1. The van der Waals surface area contributed by atoms with E-state index in [1.54, 1.807) is 6.20 Å². The maximum atomic E-state index is 5.67. The minimum Gasteiger partial charge on any atom is -0.487 e. The maximum Gasteiger partial charge on any atom is 0.138 e. The number of pyridine rings is 1. The Balaban J connectivity index is 1.85. The van der Waals surface area contributed by atoms with Gasteiger partial charge in [0.25, 0.3) is 0 Å². The highest BCUT2D eigenvalue weighted by Gasteiger charge is 1.99. The Hall–Kier alpha value is -2.07. The zero-order chi connectivity index (χ0) is 13.5. The van der Waals surface area contributed by atoms with Gasteiger partial charge in [-0.2, -0.15) is 0 Å². The molecule has 0 saturated heterocycles. The van der Waals surface area contributed by atoms with Crippen molar-refractivity contribution in [2.45, 2.75) is 19.6 Å². The predicted molar refractivity (Wildman–Crippen MR) is 77.2 cm³/mol. The number of hydrogen-bond donors (Lipinski definition) is 2. The van der Waals surface area contributed by atoms with Gasteiger partial charge in [-0.15, -0.1) is 0 Å². The Morgan fingerprint density at radius 2 is 2.00 bits per heavy atom. The van der Waals surface area contributed by atoms with Crippen LogP contribution >= 0.6 is 0 Å². The molecule has 4 nitrogen and oxygen atoms in total. The highest BCUT2D eigenvalue weighted by Crippen LogP contribution is 2.13. The second kappa shape index (κ2) is 6.75. The van der Waals surface area contributed by atoms with Crippen molar-refractivity contribution in [3.63, 3.8) is 0 Å². The molecule has 2 rings (SSSR count). The largest absolute Gasteiger partial charge is 0.487 e. The van der Waals surface area contributed by atoms with E-state index in [4.69, 9.17) is 10.5 Å². The van der Waals surface area contributed by atoms with Crippen LogP contribution in [0.5, 0.6) is 5.75 Å². The quantitative estimate of drug-likeness (QED) is 0.834. The zero-order valence-electron chi connectivity index (χ0n) is 11.0. The third-order valence-electron chi connectivity index (χ3n) is 2.59. The third kappa shape index (κ3) is 4.60. The molecular weight excluding hydrogens is 238 g/mol. The van der Waals surface area contributed by atoms with Gasteiger partial charge in [0.2, 0.25) is 0 Å². The summed E-state index contributed by atoms with van der Waals surface area (Å²) in [5.41, 5.74) is 6.81. The molecule has 0 aliphatic carbocycles. The van der Waals surface area contributed by atoms with Crippen molar-refractivity contribution in [3.8, 4) is 5.75 Å². The van der Waals surface area contributed by atoms with Crippen molar-refractivity contribution >= 4 is 5.82 Å². The van der Waals surface area contributed by atoms with Crippen molar-refractivity contribution in [3.05, 3.63) is 54.2 Å². The Morgan fingerprint density at radius 3 is 2.63 bits per heavy atom. The highest BCUT2D eigenvalue weighted by molar-refractivity contribution is 5.37. The molecule has 1 aromatic carbocycles. The molecule has 1 aromatic heterocycles. The fraction of sp³-hybridized carbons (Fsp3) is 0.267. The standard InChI is InChI=1S/C15H19N3O/c1-12(16)9-17-15-8-7-14(10-18-15)19-11-13-5-3-2-4-6-13/h2-8,10,12H,9,11,16H2,1H3,(H,17,18). The Morgan fingerprint density at radius 1 is 1.21 bits per heavy atom. The molecule has 0 fully saturated rings. The van der Waals surface area contributed by atoms with Gasteiger partial charge in [0.1, 0.15) is 18.2 Å². The number of aromatic nitrogens is 1. The highest BCUT2D eigenvalue weighted by atomic mass is 16.5. The number of nitrogens with two attached hydrogens (primary N) is 1. The molecule has 0 saturated carbocycles. The van der Waals surface area contributed by atoms with Crippen LogP contribution in [0.4, 0.5) is 5.82 Å². The number of nitrogens with one attached hydrogen (secondary N) is 1. The fourth-order valence-electron chi connectivity index (χ4n) is 1.58. The molecule has 0 amide bonds. The summed E-state index contributed by atoms with van der Waals surface area (Å²) in [6.07, 6.45) is 1.71. The predicted octanol–water partition coefficient (Wildman–Crippen LogP) is 2.42. The number of hydrogen-bond acceptors (Lipinski definition) is 4. The normalized spacial score (nSPS) is 11.9. The smallest absolute Gasteiger partial charge is 0.138 e. The van der Waals surface area contributed by atoms with Gasteiger partial charge in [-0.3, -0.25) is 0 Å². The average Bonchev–Trinajstić information content (AvgIpc) is 2.45. The van der Waals surface area contributed by atoms with Gasteiger partial charge < -0.3 is 15.8 Å². The van der Waals surface area contributed by atoms with Crippen LogP contribution in [0, 0.1) is 0 Å². The fourth-order valence-corrected chi connectivity index (χ4v) is 1.58. The summed E-state index contributed by atoms with van der Waals surface area (Å²) in [5, 5.41) is 3.15. The summed E-state index contributed by atoms with van der Waals surface area (Å²) in [6, 6.07) is 14.0. The molecule has 1 unspecified atom stereocenters. The Bertz CT molecular complexity index is 483. The second-order valence-corrected chi connectivity index (χ2v) is 4.51. The van der Waals surface area contributed by atoms with Gasteiger partial charge in [0.05, 0.1) is 6.20 Å². The Labute approximate surface area is 113 Å². The van der Waals surface area contributed by atoms with E-state index in [-0.39, 0.29) is 6.04 Å². The first-order chi connectivity index (χ1) is 9.24. The molecule has 1 heterocycles. The van der Waals surface area contributed by atoms with Crippen LogP contribution in [-0.2, 0) is 6.61 Å².